The molecule has 3 rings (SSSR count). The molecule has 0 spiro atoms. The summed E-state index contributed by atoms with van der Waals surface area (Å²) in [6, 6.07) is 3.21. The fraction of sp³-hybridized carbons (Fsp3) is 0.286. The number of aliphatic carboxylic acids is 1. The van der Waals surface area contributed by atoms with E-state index in [4.69, 9.17) is 5.11 Å². The van der Waals surface area contributed by atoms with Crippen LogP contribution in [0.3, 0.4) is 0 Å². The smallest absolute Gasteiger partial charge is 0.307 e. The molecule has 1 aromatic carbocycles. The van der Waals surface area contributed by atoms with E-state index >= 15 is 0 Å². The number of imidazole rings is 1. The molecule has 4 nitrogen and oxygen atoms in total. The third-order valence-corrected chi connectivity index (χ3v) is 3.56. The molecule has 0 amide bonds. The number of carboxylic acids is 1. The Bertz CT molecular complexity index is 682. The van der Waals surface area contributed by atoms with E-state index in [-0.39, 0.29) is 5.56 Å². The predicted molar refractivity (Wildman–Crippen MR) is 67.0 cm³/mol. The van der Waals surface area contributed by atoms with Crippen LogP contribution < -0.4 is 0 Å². The molecule has 1 aliphatic rings. The highest BCUT2D eigenvalue weighted by Crippen LogP contribution is 2.27. The van der Waals surface area contributed by atoms with Gasteiger partial charge in [-0.3, -0.25) is 4.79 Å². The minimum Gasteiger partial charge on any atom is -0.481 e. The van der Waals surface area contributed by atoms with Crippen LogP contribution in [0.15, 0.2) is 24.4 Å². The first-order valence-electron chi connectivity index (χ1n) is 6.29. The maximum Gasteiger partial charge on any atom is 0.307 e. The zero-order chi connectivity index (χ0) is 14.3. The van der Waals surface area contributed by atoms with E-state index in [2.05, 4.69) is 4.98 Å². The number of benzene rings is 1. The normalized spacial score (nSPS) is 17.8. The molecule has 0 saturated carbocycles. The van der Waals surface area contributed by atoms with Gasteiger partial charge in [0.1, 0.15) is 17.5 Å². The van der Waals surface area contributed by atoms with E-state index in [9.17, 15) is 13.6 Å². The average Bonchev–Trinajstić information content (AvgIpc) is 2.83. The molecule has 20 heavy (non-hydrogen) atoms. The highest BCUT2D eigenvalue weighted by atomic mass is 19.1. The lowest BCUT2D eigenvalue weighted by Crippen LogP contribution is -2.25. The molecule has 2 aromatic rings. The Morgan fingerprint density at radius 1 is 1.40 bits per heavy atom. The fourth-order valence-corrected chi connectivity index (χ4v) is 2.46. The highest BCUT2D eigenvalue weighted by Gasteiger charge is 2.26. The Hall–Kier alpha value is -2.24. The van der Waals surface area contributed by atoms with Crippen molar-refractivity contribution in [1.82, 2.24) is 9.55 Å². The Labute approximate surface area is 113 Å². The molecule has 0 fully saturated rings. The van der Waals surface area contributed by atoms with Crippen molar-refractivity contribution in [2.75, 3.05) is 0 Å². The van der Waals surface area contributed by atoms with Crippen molar-refractivity contribution in [3.8, 4) is 11.3 Å². The van der Waals surface area contributed by atoms with E-state index in [0.29, 0.717) is 30.9 Å². The molecule has 1 atom stereocenters. The second-order valence-corrected chi connectivity index (χ2v) is 4.89. The number of hydrogen-bond acceptors (Lipinski definition) is 2. The average molecular weight is 278 g/mol. The van der Waals surface area contributed by atoms with Crippen molar-refractivity contribution in [1.29, 1.82) is 0 Å². The van der Waals surface area contributed by atoms with Crippen molar-refractivity contribution >= 4 is 5.97 Å². The van der Waals surface area contributed by atoms with E-state index in [1.165, 1.54) is 0 Å². The minimum atomic E-state index is -0.849. The van der Waals surface area contributed by atoms with Gasteiger partial charge in [0.05, 0.1) is 11.6 Å². The predicted octanol–water partition coefficient (Wildman–Crippen LogP) is 2.48. The standard InChI is InChI=1S/C14H12F2N2O2/c15-9-1-2-11(16)10(6-9)12-7-18-4-3-8(14(19)20)5-13(18)17-12/h1-2,6-8H,3-5H2,(H,19,20). The van der Waals surface area contributed by atoms with Crippen molar-refractivity contribution < 1.29 is 18.7 Å². The summed E-state index contributed by atoms with van der Waals surface area (Å²) in [7, 11) is 0. The number of carbonyl (C=O) groups is 1. The Morgan fingerprint density at radius 3 is 2.95 bits per heavy atom. The van der Waals surface area contributed by atoms with Crippen molar-refractivity contribution in [2.24, 2.45) is 5.92 Å². The first-order valence-corrected chi connectivity index (χ1v) is 6.29. The van der Waals surface area contributed by atoms with Gasteiger partial charge in [0.15, 0.2) is 0 Å². The van der Waals surface area contributed by atoms with Gasteiger partial charge >= 0.3 is 5.97 Å². The summed E-state index contributed by atoms with van der Waals surface area (Å²) in [5, 5.41) is 9.02. The minimum absolute atomic E-state index is 0.0961. The Balaban J connectivity index is 1.98. The second-order valence-electron chi connectivity index (χ2n) is 4.89. The zero-order valence-corrected chi connectivity index (χ0v) is 10.5. The third-order valence-electron chi connectivity index (χ3n) is 3.56. The van der Waals surface area contributed by atoms with E-state index < -0.39 is 23.5 Å². The summed E-state index contributed by atoms with van der Waals surface area (Å²) in [6.45, 7) is 0.524. The molecule has 1 unspecified atom stereocenters. The van der Waals surface area contributed by atoms with Crippen LogP contribution in [0, 0.1) is 17.6 Å². The topological polar surface area (TPSA) is 55.1 Å². The van der Waals surface area contributed by atoms with Gasteiger partial charge < -0.3 is 9.67 Å². The molecule has 0 saturated heterocycles. The molecule has 1 aliphatic heterocycles. The summed E-state index contributed by atoms with van der Waals surface area (Å²) in [5.41, 5.74) is 0.432. The van der Waals surface area contributed by atoms with Gasteiger partial charge in [-0.25, -0.2) is 13.8 Å². The highest BCUT2D eigenvalue weighted by molar-refractivity contribution is 5.70. The first-order chi connectivity index (χ1) is 9.54. The molecule has 1 N–H and O–H groups in total. The maximum atomic E-state index is 13.7. The van der Waals surface area contributed by atoms with Crippen LogP contribution in [0.25, 0.3) is 11.3 Å². The monoisotopic (exact) mass is 278 g/mol. The second kappa shape index (κ2) is 4.70. The van der Waals surface area contributed by atoms with Gasteiger partial charge in [-0.15, -0.1) is 0 Å². The van der Waals surface area contributed by atoms with Gasteiger partial charge in [-0.1, -0.05) is 0 Å². The largest absolute Gasteiger partial charge is 0.481 e. The number of aromatic nitrogens is 2. The third kappa shape index (κ3) is 2.17. The van der Waals surface area contributed by atoms with Crippen LogP contribution in [-0.4, -0.2) is 20.6 Å². The van der Waals surface area contributed by atoms with Gasteiger partial charge in [0.2, 0.25) is 0 Å². The number of halogens is 2. The summed E-state index contributed by atoms with van der Waals surface area (Å²) in [4.78, 5) is 15.2. The van der Waals surface area contributed by atoms with Crippen molar-refractivity contribution in [3.05, 3.63) is 41.9 Å². The lowest BCUT2D eigenvalue weighted by Gasteiger charge is -2.19. The SMILES string of the molecule is O=C(O)C1CCn2cc(-c3cc(F)ccc3F)nc2C1. The maximum absolute atomic E-state index is 13.7. The number of aryl methyl sites for hydroxylation is 1. The molecule has 1 aromatic heterocycles. The summed E-state index contributed by atoms with van der Waals surface area (Å²) in [6.07, 6.45) is 2.47. The van der Waals surface area contributed by atoms with Crippen LogP contribution in [0.4, 0.5) is 8.78 Å². The molecule has 2 heterocycles. The lowest BCUT2D eigenvalue weighted by molar-refractivity contribution is -0.142. The van der Waals surface area contributed by atoms with E-state index in [1.807, 2.05) is 0 Å². The molecule has 0 radical (unpaired) electrons. The van der Waals surface area contributed by atoms with Crippen molar-refractivity contribution in [3.63, 3.8) is 0 Å². The van der Waals surface area contributed by atoms with Crippen LogP contribution >= 0.6 is 0 Å². The number of rotatable bonds is 2. The Morgan fingerprint density at radius 2 is 2.20 bits per heavy atom. The van der Waals surface area contributed by atoms with Gasteiger partial charge in [0, 0.05) is 24.7 Å². The van der Waals surface area contributed by atoms with E-state index in [0.717, 1.165) is 18.2 Å². The number of fused-ring (bicyclic) bond motifs is 1. The summed E-state index contributed by atoms with van der Waals surface area (Å²) >= 11 is 0. The molecule has 104 valence electrons. The molecule has 6 heteroatoms. The van der Waals surface area contributed by atoms with Gasteiger partial charge in [-0.05, 0) is 24.6 Å². The molecule has 0 bridgehead atoms. The summed E-state index contributed by atoms with van der Waals surface area (Å²) < 4.78 is 28.7. The molecule has 0 aliphatic carbocycles. The lowest BCUT2D eigenvalue weighted by atomic mass is 9.98. The zero-order valence-electron chi connectivity index (χ0n) is 10.5. The number of nitrogens with zero attached hydrogens (tertiary/aromatic N) is 2. The van der Waals surface area contributed by atoms with Crippen LogP contribution in [-0.2, 0) is 17.8 Å². The molecular weight excluding hydrogens is 266 g/mol. The molecular formula is C14H12F2N2O2. The first kappa shape index (κ1) is 12.8. The van der Waals surface area contributed by atoms with Crippen LogP contribution in [0.2, 0.25) is 0 Å². The summed E-state index contributed by atoms with van der Waals surface area (Å²) in [5.74, 6) is -1.79. The van der Waals surface area contributed by atoms with Crippen LogP contribution in [0.1, 0.15) is 12.2 Å². The Kier molecular flexibility index (Phi) is 3.00. The van der Waals surface area contributed by atoms with Gasteiger partial charge in [0.25, 0.3) is 0 Å². The number of hydrogen-bond donors (Lipinski definition) is 1. The van der Waals surface area contributed by atoms with Gasteiger partial charge in [-0.2, -0.15) is 0 Å². The van der Waals surface area contributed by atoms with Crippen LogP contribution in [0.5, 0.6) is 0 Å². The fourth-order valence-electron chi connectivity index (χ4n) is 2.46. The van der Waals surface area contributed by atoms with Crippen molar-refractivity contribution in [2.45, 2.75) is 19.4 Å². The number of carboxylic acid groups (broad SMARTS) is 1. The quantitative estimate of drug-likeness (QED) is 0.918. The van der Waals surface area contributed by atoms with E-state index in [1.54, 1.807) is 10.8 Å².